The van der Waals surface area contributed by atoms with Crippen molar-refractivity contribution >= 4 is 46.8 Å². The first-order valence-electron chi connectivity index (χ1n) is 10.2. The average molecular weight is 485 g/mol. The Kier molecular flexibility index (Phi) is 9.29. The molecule has 2 aliphatic rings. The van der Waals surface area contributed by atoms with Crippen LogP contribution >= 0.6 is 35.0 Å². The van der Waals surface area contributed by atoms with Gasteiger partial charge in [-0.2, -0.15) is 0 Å². The summed E-state index contributed by atoms with van der Waals surface area (Å²) in [7, 11) is 0. The van der Waals surface area contributed by atoms with Crippen LogP contribution in [0.1, 0.15) is 12.0 Å². The van der Waals surface area contributed by atoms with Crippen molar-refractivity contribution in [3.63, 3.8) is 0 Å². The van der Waals surface area contributed by atoms with E-state index in [1.165, 1.54) is 11.8 Å². The van der Waals surface area contributed by atoms with Gasteiger partial charge in [-0.3, -0.25) is 14.5 Å². The zero-order valence-electron chi connectivity index (χ0n) is 17.1. The van der Waals surface area contributed by atoms with Crippen LogP contribution in [0.2, 0.25) is 0 Å². The van der Waals surface area contributed by atoms with Crippen LogP contribution in [0.15, 0.2) is 51.4 Å². The number of amides is 1. The van der Waals surface area contributed by atoms with Gasteiger partial charge in [0.15, 0.2) is 0 Å². The molecule has 0 radical (unpaired) electrons. The van der Waals surface area contributed by atoms with Crippen molar-refractivity contribution in [2.45, 2.75) is 23.8 Å². The SMILES string of the molecule is O=C(O)Cc1ccc(SCC(=O)NC[C@H]2CN(CC3C=C(Cl)C(Cl)=CC3)CCO2)cc1. The summed E-state index contributed by atoms with van der Waals surface area (Å²) in [6, 6.07) is 7.23. The first-order valence-corrected chi connectivity index (χ1v) is 11.9. The summed E-state index contributed by atoms with van der Waals surface area (Å²) in [6.07, 6.45) is 4.81. The number of allylic oxidation sites excluding steroid dienone is 3. The number of thioether (sulfide) groups is 1. The number of nitrogens with one attached hydrogen (secondary N) is 1. The minimum atomic E-state index is -0.858. The zero-order valence-corrected chi connectivity index (χ0v) is 19.4. The third-order valence-corrected chi connectivity index (χ3v) is 6.90. The molecule has 1 aromatic carbocycles. The third kappa shape index (κ3) is 8.16. The number of morpholine rings is 1. The molecule has 0 spiro atoms. The van der Waals surface area contributed by atoms with Crippen LogP contribution in [-0.2, 0) is 20.7 Å². The van der Waals surface area contributed by atoms with Gasteiger partial charge in [0, 0.05) is 31.1 Å². The molecule has 1 aromatic rings. The van der Waals surface area contributed by atoms with E-state index in [1.54, 1.807) is 12.1 Å². The maximum Gasteiger partial charge on any atom is 0.307 e. The molecule has 0 bridgehead atoms. The minimum Gasteiger partial charge on any atom is -0.481 e. The van der Waals surface area contributed by atoms with Crippen LogP contribution in [0, 0.1) is 5.92 Å². The number of carbonyl (C=O) groups excluding carboxylic acids is 1. The molecule has 0 aromatic heterocycles. The van der Waals surface area contributed by atoms with Crippen LogP contribution in [0.3, 0.4) is 0 Å². The third-order valence-electron chi connectivity index (χ3n) is 5.10. The van der Waals surface area contributed by atoms with Crippen LogP contribution in [0.5, 0.6) is 0 Å². The molecule has 1 unspecified atom stereocenters. The Labute approximate surface area is 196 Å². The molecule has 1 amide bonds. The fraction of sp³-hybridized carbons (Fsp3) is 0.455. The second-order valence-corrected chi connectivity index (χ2v) is 9.49. The lowest BCUT2D eigenvalue weighted by Crippen LogP contribution is -2.48. The Hall–Kier alpha value is -1.51. The Balaban J connectivity index is 1.36. The van der Waals surface area contributed by atoms with E-state index in [0.717, 1.165) is 36.5 Å². The first-order chi connectivity index (χ1) is 14.9. The number of aliphatic carboxylic acids is 1. The molecule has 168 valence electrons. The van der Waals surface area contributed by atoms with E-state index in [0.29, 0.717) is 34.9 Å². The number of ether oxygens (including phenoxy) is 1. The molecular formula is C22H26Cl2N2O4S. The van der Waals surface area contributed by atoms with Crippen molar-refractivity contribution in [3.05, 3.63) is 52.0 Å². The lowest BCUT2D eigenvalue weighted by atomic mass is 9.99. The zero-order chi connectivity index (χ0) is 22.2. The van der Waals surface area contributed by atoms with Gasteiger partial charge in [0.25, 0.3) is 0 Å². The Morgan fingerprint density at radius 1 is 1.23 bits per heavy atom. The van der Waals surface area contributed by atoms with Crippen molar-refractivity contribution in [1.29, 1.82) is 0 Å². The number of carbonyl (C=O) groups is 2. The molecule has 1 heterocycles. The Morgan fingerprint density at radius 3 is 2.71 bits per heavy atom. The fourth-order valence-electron chi connectivity index (χ4n) is 3.54. The average Bonchev–Trinajstić information content (AvgIpc) is 2.74. The second kappa shape index (κ2) is 11.9. The molecule has 9 heteroatoms. The summed E-state index contributed by atoms with van der Waals surface area (Å²) in [5, 5.41) is 13.0. The summed E-state index contributed by atoms with van der Waals surface area (Å²) >= 11 is 13.6. The number of carboxylic acid groups (broad SMARTS) is 1. The van der Waals surface area contributed by atoms with Gasteiger partial charge in [-0.25, -0.2) is 0 Å². The first kappa shape index (κ1) is 24.1. The highest BCUT2D eigenvalue weighted by molar-refractivity contribution is 8.00. The number of carboxylic acids is 1. The Morgan fingerprint density at radius 2 is 2.00 bits per heavy atom. The fourth-order valence-corrected chi connectivity index (χ4v) is 4.68. The molecule has 3 rings (SSSR count). The lowest BCUT2D eigenvalue weighted by Gasteiger charge is -2.35. The molecular weight excluding hydrogens is 459 g/mol. The number of benzene rings is 1. The van der Waals surface area contributed by atoms with E-state index in [1.807, 2.05) is 24.3 Å². The van der Waals surface area contributed by atoms with Gasteiger partial charge in [0.05, 0.1) is 34.9 Å². The monoisotopic (exact) mass is 484 g/mol. The largest absolute Gasteiger partial charge is 0.481 e. The van der Waals surface area contributed by atoms with Gasteiger partial charge >= 0.3 is 5.97 Å². The highest BCUT2D eigenvalue weighted by atomic mass is 35.5. The van der Waals surface area contributed by atoms with Crippen molar-refractivity contribution in [1.82, 2.24) is 10.2 Å². The predicted octanol–water partition coefficient (Wildman–Crippen LogP) is 3.49. The molecule has 1 aliphatic heterocycles. The number of rotatable bonds is 9. The molecule has 1 saturated heterocycles. The van der Waals surface area contributed by atoms with Crippen LogP contribution in [0.25, 0.3) is 0 Å². The maximum atomic E-state index is 12.2. The van der Waals surface area contributed by atoms with Gasteiger partial charge in [0.1, 0.15) is 0 Å². The number of hydrogen-bond donors (Lipinski definition) is 2. The standard InChI is InChI=1S/C22H26Cl2N2O4S/c23-19-6-3-16(9-20(19)24)12-26-7-8-30-17(13-26)11-25-21(27)14-31-18-4-1-15(2-5-18)10-22(28)29/h1-2,4-6,9,16-17H,3,7-8,10-14H2,(H,25,27)(H,28,29)/t16?,17-/m0/s1. The molecule has 2 atom stereocenters. The van der Waals surface area contributed by atoms with E-state index in [2.05, 4.69) is 10.2 Å². The smallest absolute Gasteiger partial charge is 0.307 e. The van der Waals surface area contributed by atoms with Crippen LogP contribution < -0.4 is 5.32 Å². The number of nitrogens with zero attached hydrogens (tertiary/aromatic N) is 1. The Bertz CT molecular complexity index is 844. The van der Waals surface area contributed by atoms with Gasteiger partial charge in [0.2, 0.25) is 5.91 Å². The minimum absolute atomic E-state index is 0.00163. The highest BCUT2D eigenvalue weighted by Crippen LogP contribution is 2.29. The maximum absolute atomic E-state index is 12.2. The predicted molar refractivity (Wildman–Crippen MR) is 124 cm³/mol. The van der Waals surface area contributed by atoms with Gasteiger partial charge in [-0.05, 0) is 30.0 Å². The summed E-state index contributed by atoms with van der Waals surface area (Å²) in [6.45, 7) is 3.62. The van der Waals surface area contributed by atoms with E-state index >= 15 is 0 Å². The van der Waals surface area contributed by atoms with Gasteiger partial charge < -0.3 is 15.2 Å². The molecule has 0 saturated carbocycles. The normalized spacial score (nSPS) is 21.9. The molecule has 6 nitrogen and oxygen atoms in total. The van der Waals surface area contributed by atoms with Crippen molar-refractivity contribution in [2.75, 3.05) is 38.5 Å². The summed E-state index contributed by atoms with van der Waals surface area (Å²) < 4.78 is 5.81. The van der Waals surface area contributed by atoms with Gasteiger partial charge in [-0.1, -0.05) is 47.5 Å². The molecule has 2 N–H and O–H groups in total. The molecule has 1 aliphatic carbocycles. The van der Waals surface area contributed by atoms with Crippen LogP contribution in [0.4, 0.5) is 0 Å². The highest BCUT2D eigenvalue weighted by Gasteiger charge is 2.24. The van der Waals surface area contributed by atoms with Gasteiger partial charge in [-0.15, -0.1) is 11.8 Å². The summed E-state index contributed by atoms with van der Waals surface area (Å²) in [5.74, 6) is -0.278. The number of hydrogen-bond acceptors (Lipinski definition) is 5. The van der Waals surface area contributed by atoms with E-state index in [-0.39, 0.29) is 18.4 Å². The van der Waals surface area contributed by atoms with E-state index in [9.17, 15) is 9.59 Å². The summed E-state index contributed by atoms with van der Waals surface area (Å²) in [4.78, 5) is 26.2. The van der Waals surface area contributed by atoms with E-state index < -0.39 is 5.97 Å². The van der Waals surface area contributed by atoms with Crippen molar-refractivity contribution < 1.29 is 19.4 Å². The molecule has 1 fully saturated rings. The van der Waals surface area contributed by atoms with Crippen LogP contribution in [-0.4, -0.2) is 66.5 Å². The quantitative estimate of drug-likeness (QED) is 0.522. The van der Waals surface area contributed by atoms with Crippen molar-refractivity contribution in [2.24, 2.45) is 5.92 Å². The second-order valence-electron chi connectivity index (χ2n) is 7.62. The summed E-state index contributed by atoms with van der Waals surface area (Å²) in [5.41, 5.74) is 0.741. The molecule has 31 heavy (non-hydrogen) atoms. The lowest BCUT2D eigenvalue weighted by molar-refractivity contribution is -0.136. The van der Waals surface area contributed by atoms with E-state index in [4.69, 9.17) is 33.0 Å². The number of halogens is 2. The van der Waals surface area contributed by atoms with Crippen molar-refractivity contribution in [3.8, 4) is 0 Å². The topological polar surface area (TPSA) is 78.9 Å².